The molecule has 0 amide bonds. The number of imidazole rings is 1. The van der Waals surface area contributed by atoms with Crippen molar-refractivity contribution in [3.05, 3.63) is 18.2 Å². The van der Waals surface area contributed by atoms with Gasteiger partial charge in [-0.05, 0) is 25.8 Å². The molecule has 0 aliphatic carbocycles. The van der Waals surface area contributed by atoms with Crippen LogP contribution in [-0.4, -0.2) is 16.1 Å². The van der Waals surface area contributed by atoms with Gasteiger partial charge in [0, 0.05) is 18.8 Å². The van der Waals surface area contributed by atoms with Crippen LogP contribution >= 0.6 is 0 Å². The van der Waals surface area contributed by atoms with Crippen LogP contribution in [0.1, 0.15) is 57.2 Å². The van der Waals surface area contributed by atoms with E-state index in [1.165, 1.54) is 44.2 Å². The van der Waals surface area contributed by atoms with Crippen LogP contribution in [0, 0.1) is 0 Å². The van der Waals surface area contributed by atoms with E-state index in [0.29, 0.717) is 6.04 Å². The predicted molar refractivity (Wildman–Crippen MR) is 66.3 cm³/mol. The molecule has 2 heterocycles. The van der Waals surface area contributed by atoms with Gasteiger partial charge in [0.15, 0.2) is 0 Å². The summed E-state index contributed by atoms with van der Waals surface area (Å²) in [7, 11) is 0. The largest absolute Gasteiger partial charge is 0.333 e. The van der Waals surface area contributed by atoms with Crippen molar-refractivity contribution < 1.29 is 0 Å². The van der Waals surface area contributed by atoms with E-state index in [-0.39, 0.29) is 0 Å². The second kappa shape index (κ2) is 6.04. The second-order valence-electron chi connectivity index (χ2n) is 4.72. The Morgan fingerprint density at radius 2 is 2.38 bits per heavy atom. The van der Waals surface area contributed by atoms with Crippen molar-refractivity contribution in [2.24, 2.45) is 0 Å². The molecule has 1 N–H and O–H groups in total. The van der Waals surface area contributed by atoms with E-state index in [1.54, 1.807) is 0 Å². The molecule has 3 heteroatoms. The van der Waals surface area contributed by atoms with Crippen LogP contribution in [0.3, 0.4) is 0 Å². The third-order valence-corrected chi connectivity index (χ3v) is 3.41. The molecule has 0 saturated carbocycles. The van der Waals surface area contributed by atoms with Crippen LogP contribution in [0.25, 0.3) is 0 Å². The van der Waals surface area contributed by atoms with Gasteiger partial charge in [0.05, 0.1) is 12.0 Å². The molecule has 0 bridgehead atoms. The normalized spacial score (nSPS) is 20.4. The zero-order valence-electron chi connectivity index (χ0n) is 10.3. The summed E-state index contributed by atoms with van der Waals surface area (Å²) in [5.74, 6) is 0. The van der Waals surface area contributed by atoms with Crippen molar-refractivity contribution in [1.82, 2.24) is 14.9 Å². The van der Waals surface area contributed by atoms with Gasteiger partial charge in [0.2, 0.25) is 0 Å². The number of nitrogens with zero attached hydrogens (tertiary/aromatic N) is 2. The Labute approximate surface area is 98.3 Å². The van der Waals surface area contributed by atoms with Crippen molar-refractivity contribution in [3.63, 3.8) is 0 Å². The zero-order chi connectivity index (χ0) is 11.2. The Hall–Kier alpha value is -0.830. The van der Waals surface area contributed by atoms with Crippen LogP contribution in [0.4, 0.5) is 0 Å². The highest BCUT2D eigenvalue weighted by atomic mass is 15.1. The van der Waals surface area contributed by atoms with Crippen molar-refractivity contribution in [1.29, 1.82) is 0 Å². The lowest BCUT2D eigenvalue weighted by Crippen LogP contribution is -2.16. The minimum atomic E-state index is 0.550. The smallest absolute Gasteiger partial charge is 0.0948 e. The van der Waals surface area contributed by atoms with E-state index in [9.17, 15) is 0 Å². The van der Waals surface area contributed by atoms with Crippen LogP contribution in [0.2, 0.25) is 0 Å². The summed E-state index contributed by atoms with van der Waals surface area (Å²) < 4.78 is 2.33. The molecule has 1 aromatic heterocycles. The van der Waals surface area contributed by atoms with E-state index < -0.39 is 0 Å². The first kappa shape index (κ1) is 11.6. The fourth-order valence-electron chi connectivity index (χ4n) is 2.45. The summed E-state index contributed by atoms with van der Waals surface area (Å²) >= 11 is 0. The van der Waals surface area contributed by atoms with Crippen LogP contribution in [0.5, 0.6) is 0 Å². The lowest BCUT2D eigenvalue weighted by atomic mass is 10.1. The van der Waals surface area contributed by atoms with Gasteiger partial charge in [-0.25, -0.2) is 4.98 Å². The maximum absolute atomic E-state index is 4.29. The fourth-order valence-corrected chi connectivity index (χ4v) is 2.45. The van der Waals surface area contributed by atoms with Gasteiger partial charge in [0.25, 0.3) is 0 Å². The number of nitrogens with one attached hydrogen (secondary N) is 1. The Bertz CT molecular complexity index is 300. The van der Waals surface area contributed by atoms with E-state index in [2.05, 4.69) is 21.8 Å². The molecule has 0 unspecified atom stereocenters. The molecule has 3 nitrogen and oxygen atoms in total. The van der Waals surface area contributed by atoms with Crippen molar-refractivity contribution in [2.75, 3.05) is 6.54 Å². The van der Waals surface area contributed by atoms with Crippen LogP contribution < -0.4 is 5.32 Å². The van der Waals surface area contributed by atoms with Crippen LogP contribution in [-0.2, 0) is 6.54 Å². The van der Waals surface area contributed by atoms with Crippen molar-refractivity contribution >= 4 is 0 Å². The van der Waals surface area contributed by atoms with E-state index in [0.717, 1.165) is 13.1 Å². The van der Waals surface area contributed by atoms with Crippen molar-refractivity contribution in [2.45, 2.75) is 58.0 Å². The van der Waals surface area contributed by atoms with Gasteiger partial charge in [-0.1, -0.05) is 26.2 Å². The Morgan fingerprint density at radius 1 is 1.44 bits per heavy atom. The number of rotatable bonds is 6. The minimum absolute atomic E-state index is 0.550. The maximum atomic E-state index is 4.29. The monoisotopic (exact) mass is 221 g/mol. The highest BCUT2D eigenvalue weighted by Crippen LogP contribution is 2.22. The molecule has 1 fully saturated rings. The van der Waals surface area contributed by atoms with Gasteiger partial charge in [0.1, 0.15) is 0 Å². The summed E-state index contributed by atoms with van der Waals surface area (Å²) in [6.07, 6.45) is 11.9. The molecule has 90 valence electrons. The van der Waals surface area contributed by atoms with Gasteiger partial charge in [-0.2, -0.15) is 0 Å². The number of aryl methyl sites for hydroxylation is 1. The average molecular weight is 221 g/mol. The third-order valence-electron chi connectivity index (χ3n) is 3.41. The first-order valence-corrected chi connectivity index (χ1v) is 6.65. The second-order valence-corrected chi connectivity index (χ2v) is 4.72. The van der Waals surface area contributed by atoms with E-state index in [1.807, 2.05) is 12.5 Å². The number of aromatic nitrogens is 2. The quantitative estimate of drug-likeness (QED) is 0.749. The molecular formula is C13H23N3. The molecule has 0 radical (unpaired) electrons. The average Bonchev–Trinajstić information content (AvgIpc) is 2.94. The lowest BCUT2D eigenvalue weighted by Gasteiger charge is -2.13. The number of unbranched alkanes of at least 4 members (excludes halogenated alkanes) is 3. The summed E-state index contributed by atoms with van der Waals surface area (Å²) in [6, 6.07) is 0.550. The predicted octanol–water partition coefficient (Wildman–Crippen LogP) is 2.89. The standard InChI is InChI=1S/C13H23N3/c1-2-3-4-5-9-16-11-14-10-13(16)12-7-6-8-15-12/h10-12,15H,2-9H2,1H3/t12-/m0/s1. The number of hydrogen-bond donors (Lipinski definition) is 1. The van der Waals surface area contributed by atoms with Gasteiger partial charge < -0.3 is 9.88 Å². The molecule has 16 heavy (non-hydrogen) atoms. The van der Waals surface area contributed by atoms with E-state index in [4.69, 9.17) is 0 Å². The van der Waals surface area contributed by atoms with E-state index >= 15 is 0 Å². The SMILES string of the molecule is CCCCCCn1cncc1[C@@H]1CCCN1. The molecule has 0 aromatic carbocycles. The maximum Gasteiger partial charge on any atom is 0.0948 e. The summed E-state index contributed by atoms with van der Waals surface area (Å²) in [5, 5.41) is 3.54. The van der Waals surface area contributed by atoms with Crippen molar-refractivity contribution in [3.8, 4) is 0 Å². The zero-order valence-corrected chi connectivity index (χ0v) is 10.3. The summed E-state index contributed by atoms with van der Waals surface area (Å²) in [4.78, 5) is 4.29. The molecular weight excluding hydrogens is 198 g/mol. The fraction of sp³-hybridized carbons (Fsp3) is 0.769. The summed E-state index contributed by atoms with van der Waals surface area (Å²) in [6.45, 7) is 4.55. The first-order chi connectivity index (χ1) is 7.92. The molecule has 2 rings (SSSR count). The third kappa shape index (κ3) is 2.85. The lowest BCUT2D eigenvalue weighted by molar-refractivity contribution is 0.528. The van der Waals surface area contributed by atoms with Gasteiger partial charge >= 0.3 is 0 Å². The topological polar surface area (TPSA) is 29.9 Å². The first-order valence-electron chi connectivity index (χ1n) is 6.65. The molecule has 1 atom stereocenters. The Kier molecular flexibility index (Phi) is 4.40. The Balaban J connectivity index is 1.86. The van der Waals surface area contributed by atoms with Crippen LogP contribution in [0.15, 0.2) is 12.5 Å². The molecule has 1 aliphatic rings. The number of hydrogen-bond acceptors (Lipinski definition) is 2. The Morgan fingerprint density at radius 3 is 3.12 bits per heavy atom. The summed E-state index contributed by atoms with van der Waals surface area (Å²) in [5.41, 5.74) is 1.38. The highest BCUT2D eigenvalue weighted by molar-refractivity contribution is 5.07. The molecule has 1 saturated heterocycles. The molecule has 1 aliphatic heterocycles. The van der Waals surface area contributed by atoms with Gasteiger partial charge in [-0.15, -0.1) is 0 Å². The van der Waals surface area contributed by atoms with Gasteiger partial charge in [-0.3, -0.25) is 0 Å². The minimum Gasteiger partial charge on any atom is -0.333 e. The molecule has 0 spiro atoms. The highest BCUT2D eigenvalue weighted by Gasteiger charge is 2.19. The molecule has 1 aromatic rings.